The van der Waals surface area contributed by atoms with Crippen molar-refractivity contribution in [3.63, 3.8) is 0 Å². The number of likely N-dealkylation sites (tertiary alicyclic amines) is 1. The Bertz CT molecular complexity index is 1100. The highest BCUT2D eigenvalue weighted by molar-refractivity contribution is 6.31. The van der Waals surface area contributed by atoms with E-state index in [1.165, 1.54) is 29.2 Å². The Labute approximate surface area is 170 Å². The van der Waals surface area contributed by atoms with Crippen LogP contribution < -0.4 is 16.2 Å². The van der Waals surface area contributed by atoms with E-state index in [1.54, 1.807) is 10.6 Å². The van der Waals surface area contributed by atoms with Gasteiger partial charge in [0.15, 0.2) is 0 Å². The third kappa shape index (κ3) is 3.76. The molecule has 2 aliphatic heterocycles. The van der Waals surface area contributed by atoms with Crippen LogP contribution in [0.1, 0.15) is 18.0 Å². The van der Waals surface area contributed by atoms with Crippen molar-refractivity contribution in [1.82, 2.24) is 9.47 Å². The molecule has 156 valence electrons. The van der Waals surface area contributed by atoms with Crippen molar-refractivity contribution in [2.75, 3.05) is 23.7 Å². The van der Waals surface area contributed by atoms with Gasteiger partial charge in [-0.1, -0.05) is 6.07 Å². The van der Waals surface area contributed by atoms with E-state index in [2.05, 4.69) is 10.6 Å². The molecule has 1 fully saturated rings. The second kappa shape index (κ2) is 7.62. The third-order valence-electron chi connectivity index (χ3n) is 5.41. The number of amides is 3. The van der Waals surface area contributed by atoms with E-state index in [0.29, 0.717) is 12.2 Å². The minimum atomic E-state index is -1.49. The van der Waals surface area contributed by atoms with Crippen LogP contribution in [0.3, 0.4) is 0 Å². The van der Waals surface area contributed by atoms with E-state index in [9.17, 15) is 23.6 Å². The Morgan fingerprint density at radius 3 is 2.60 bits per heavy atom. The smallest absolute Gasteiger partial charge is 0.394 e. The molecule has 1 aromatic heterocycles. The SMILES string of the molecule is O=C(Nc1cccc(F)c1)Nc1ccc2n(c1=O)C[C@@H]1C[C@@H]2CN(C(=O)C(=O)O)C1. The van der Waals surface area contributed by atoms with Gasteiger partial charge in [-0.3, -0.25) is 9.59 Å². The molecule has 3 amide bonds. The van der Waals surface area contributed by atoms with Crippen molar-refractivity contribution < 1.29 is 23.9 Å². The van der Waals surface area contributed by atoms with Gasteiger partial charge < -0.3 is 25.2 Å². The number of aliphatic carboxylic acids is 1. The van der Waals surface area contributed by atoms with Crippen LogP contribution in [0.2, 0.25) is 0 Å². The van der Waals surface area contributed by atoms with Crippen LogP contribution in [0.25, 0.3) is 0 Å². The van der Waals surface area contributed by atoms with Gasteiger partial charge in [0.2, 0.25) is 0 Å². The molecule has 3 heterocycles. The van der Waals surface area contributed by atoms with Gasteiger partial charge in [-0.15, -0.1) is 0 Å². The van der Waals surface area contributed by atoms with Crippen LogP contribution in [0.4, 0.5) is 20.6 Å². The molecule has 2 atom stereocenters. The molecule has 0 unspecified atom stereocenters. The number of piperidine rings is 1. The predicted molar refractivity (Wildman–Crippen MR) is 105 cm³/mol. The summed E-state index contributed by atoms with van der Waals surface area (Å²) in [5, 5.41) is 13.9. The van der Waals surface area contributed by atoms with Gasteiger partial charge in [-0.2, -0.15) is 0 Å². The first kappa shape index (κ1) is 19.6. The standard InChI is InChI=1S/C20H19FN4O5/c21-13-2-1-3-14(7-13)22-20(30)23-15-4-5-16-12-6-11(9-25(16)17(15)26)8-24(10-12)18(27)19(28)29/h1-5,7,11-12H,6,8-10H2,(H,28,29)(H2,22,23,30)/t11-,12-/m1/s1. The molecule has 2 bridgehead atoms. The van der Waals surface area contributed by atoms with Crippen molar-refractivity contribution in [3.8, 4) is 0 Å². The number of benzene rings is 1. The van der Waals surface area contributed by atoms with Crippen molar-refractivity contribution in [1.29, 1.82) is 0 Å². The van der Waals surface area contributed by atoms with Gasteiger partial charge in [0.1, 0.15) is 11.5 Å². The lowest BCUT2D eigenvalue weighted by molar-refractivity contribution is -0.157. The number of pyridine rings is 1. The van der Waals surface area contributed by atoms with Crippen molar-refractivity contribution in [3.05, 3.63) is 58.3 Å². The van der Waals surface area contributed by atoms with E-state index in [1.807, 2.05) is 0 Å². The zero-order valence-electron chi connectivity index (χ0n) is 15.8. The summed E-state index contributed by atoms with van der Waals surface area (Å²) in [5.74, 6) is -3.12. The quantitative estimate of drug-likeness (QED) is 0.646. The largest absolute Gasteiger partial charge is 0.474 e. The third-order valence-corrected chi connectivity index (χ3v) is 5.41. The fourth-order valence-electron chi connectivity index (χ4n) is 4.19. The summed E-state index contributed by atoms with van der Waals surface area (Å²) in [6, 6.07) is 7.90. The topological polar surface area (TPSA) is 121 Å². The Morgan fingerprint density at radius 2 is 1.87 bits per heavy atom. The first-order valence-corrected chi connectivity index (χ1v) is 9.41. The van der Waals surface area contributed by atoms with Crippen LogP contribution in [0.5, 0.6) is 0 Å². The van der Waals surface area contributed by atoms with E-state index < -0.39 is 23.7 Å². The van der Waals surface area contributed by atoms with E-state index in [0.717, 1.165) is 12.5 Å². The second-order valence-electron chi connectivity index (χ2n) is 7.49. The molecular formula is C20H19FN4O5. The van der Waals surface area contributed by atoms with E-state index >= 15 is 0 Å². The predicted octanol–water partition coefficient (Wildman–Crippen LogP) is 1.66. The fourth-order valence-corrected chi connectivity index (χ4v) is 4.19. The van der Waals surface area contributed by atoms with Crippen molar-refractivity contribution in [2.45, 2.75) is 18.9 Å². The molecule has 0 radical (unpaired) electrons. The first-order chi connectivity index (χ1) is 14.3. The van der Waals surface area contributed by atoms with Gasteiger partial charge >= 0.3 is 17.9 Å². The fraction of sp³-hybridized carbons (Fsp3) is 0.300. The number of urea groups is 1. The Kier molecular flexibility index (Phi) is 4.98. The average Bonchev–Trinajstić information content (AvgIpc) is 2.69. The summed E-state index contributed by atoms with van der Waals surface area (Å²) < 4.78 is 14.8. The summed E-state index contributed by atoms with van der Waals surface area (Å²) in [6.07, 6.45) is 0.760. The minimum absolute atomic E-state index is 0.0476. The molecule has 30 heavy (non-hydrogen) atoms. The number of carbonyl (C=O) groups is 3. The number of nitrogens with one attached hydrogen (secondary N) is 2. The molecule has 4 rings (SSSR count). The summed E-state index contributed by atoms with van der Waals surface area (Å²) in [4.78, 5) is 49.2. The van der Waals surface area contributed by atoms with E-state index in [-0.39, 0.29) is 41.9 Å². The average molecular weight is 414 g/mol. The number of hydrogen-bond acceptors (Lipinski definition) is 4. The highest BCUT2D eigenvalue weighted by Crippen LogP contribution is 2.35. The number of fused-ring (bicyclic) bond motifs is 4. The zero-order valence-corrected chi connectivity index (χ0v) is 15.8. The van der Waals surface area contributed by atoms with E-state index in [4.69, 9.17) is 5.11 Å². The number of carboxylic acids is 1. The number of halogens is 1. The number of nitrogens with zero attached hydrogens (tertiary/aromatic N) is 2. The molecule has 9 nitrogen and oxygen atoms in total. The summed E-state index contributed by atoms with van der Waals surface area (Å²) >= 11 is 0. The molecule has 3 N–H and O–H groups in total. The molecule has 0 aliphatic carbocycles. The lowest BCUT2D eigenvalue weighted by Crippen LogP contribution is -2.51. The summed E-state index contributed by atoms with van der Waals surface area (Å²) in [5.41, 5.74) is 0.652. The Hall–Kier alpha value is -3.69. The molecule has 0 spiro atoms. The molecule has 0 saturated carbocycles. The molecular weight excluding hydrogens is 395 g/mol. The van der Waals surface area contributed by atoms with Crippen molar-refractivity contribution in [2.24, 2.45) is 5.92 Å². The van der Waals surface area contributed by atoms with Gasteiger partial charge in [0.25, 0.3) is 5.56 Å². The van der Waals surface area contributed by atoms with Crippen LogP contribution in [0, 0.1) is 11.7 Å². The maximum Gasteiger partial charge on any atom is 0.394 e. The second-order valence-corrected chi connectivity index (χ2v) is 7.49. The highest BCUT2D eigenvalue weighted by atomic mass is 19.1. The van der Waals surface area contributed by atoms with Crippen LogP contribution >= 0.6 is 0 Å². The Balaban J connectivity index is 1.52. The maximum absolute atomic E-state index is 13.2. The molecule has 10 heteroatoms. The first-order valence-electron chi connectivity index (χ1n) is 9.41. The van der Waals surface area contributed by atoms with Crippen LogP contribution in [-0.4, -0.2) is 45.6 Å². The van der Waals surface area contributed by atoms with Gasteiger partial charge in [0, 0.05) is 36.9 Å². The van der Waals surface area contributed by atoms with Gasteiger partial charge in [-0.25, -0.2) is 14.0 Å². The van der Waals surface area contributed by atoms with Crippen LogP contribution in [0.15, 0.2) is 41.2 Å². The minimum Gasteiger partial charge on any atom is -0.474 e. The zero-order chi connectivity index (χ0) is 21.4. The summed E-state index contributed by atoms with van der Waals surface area (Å²) in [7, 11) is 0. The normalized spacial score (nSPS) is 19.6. The molecule has 1 aromatic carbocycles. The van der Waals surface area contributed by atoms with Crippen molar-refractivity contribution >= 4 is 29.3 Å². The Morgan fingerprint density at radius 1 is 1.07 bits per heavy atom. The van der Waals surface area contributed by atoms with Gasteiger partial charge in [-0.05, 0) is 42.7 Å². The maximum atomic E-state index is 13.2. The number of hydrogen-bond donors (Lipinski definition) is 3. The number of anilines is 2. The monoisotopic (exact) mass is 414 g/mol. The molecule has 2 aliphatic rings. The summed E-state index contributed by atoms with van der Waals surface area (Å²) in [6.45, 7) is 0.828. The number of carboxylic acid groups (broad SMARTS) is 1. The number of carbonyl (C=O) groups excluding carboxylic acids is 2. The lowest BCUT2D eigenvalue weighted by atomic mass is 9.83. The molecule has 1 saturated heterocycles. The van der Waals surface area contributed by atoms with Gasteiger partial charge in [0.05, 0.1) is 0 Å². The molecule has 2 aromatic rings. The lowest BCUT2D eigenvalue weighted by Gasteiger charge is -2.42. The van der Waals surface area contributed by atoms with Crippen LogP contribution in [-0.2, 0) is 16.1 Å². The number of rotatable bonds is 2. The number of aromatic nitrogens is 1. The highest BCUT2D eigenvalue weighted by Gasteiger charge is 2.38.